The largest absolute Gasteiger partial charge is 0.382 e. The highest BCUT2D eigenvalue weighted by molar-refractivity contribution is 5.78. The monoisotopic (exact) mass is 200 g/mol. The van der Waals surface area contributed by atoms with Gasteiger partial charge in [-0.3, -0.25) is 4.79 Å². The predicted molar refractivity (Wildman–Crippen MR) is 55.1 cm³/mol. The zero-order valence-electron chi connectivity index (χ0n) is 8.84. The molecule has 1 aliphatic rings. The van der Waals surface area contributed by atoms with E-state index in [9.17, 15) is 4.79 Å². The molecule has 82 valence electrons. The third-order valence-corrected chi connectivity index (χ3v) is 2.32. The number of ether oxygens (including phenoxy) is 1. The zero-order chi connectivity index (χ0) is 10.2. The minimum atomic E-state index is 0.186. The van der Waals surface area contributed by atoms with E-state index in [1.807, 2.05) is 6.92 Å². The summed E-state index contributed by atoms with van der Waals surface area (Å²) in [6, 6.07) is 0.342. The molecule has 0 aromatic heterocycles. The van der Waals surface area contributed by atoms with E-state index in [4.69, 9.17) is 4.74 Å². The lowest BCUT2D eigenvalue weighted by Gasteiger charge is -2.10. The van der Waals surface area contributed by atoms with Crippen LogP contribution < -0.4 is 10.6 Å². The van der Waals surface area contributed by atoms with Gasteiger partial charge in [0.2, 0.25) is 5.91 Å². The average Bonchev–Trinajstić information content (AvgIpc) is 2.58. The van der Waals surface area contributed by atoms with Gasteiger partial charge in [-0.15, -0.1) is 0 Å². The van der Waals surface area contributed by atoms with Crippen molar-refractivity contribution in [1.29, 1.82) is 0 Å². The Hall–Kier alpha value is -0.610. The molecule has 1 unspecified atom stereocenters. The van der Waals surface area contributed by atoms with Crippen LogP contribution in [-0.2, 0) is 9.53 Å². The average molecular weight is 200 g/mol. The van der Waals surface area contributed by atoms with Crippen molar-refractivity contribution in [2.45, 2.75) is 32.2 Å². The molecule has 0 aliphatic carbocycles. The van der Waals surface area contributed by atoms with Crippen LogP contribution in [0.15, 0.2) is 0 Å². The topological polar surface area (TPSA) is 50.4 Å². The van der Waals surface area contributed by atoms with Crippen LogP contribution in [0.2, 0.25) is 0 Å². The number of carbonyl (C=O) groups excluding carboxylic acids is 1. The highest BCUT2D eigenvalue weighted by Crippen LogP contribution is 2.04. The Kier molecular flexibility index (Phi) is 5.56. The summed E-state index contributed by atoms with van der Waals surface area (Å²) in [5.74, 6) is 0.186. The van der Waals surface area contributed by atoms with Gasteiger partial charge in [-0.05, 0) is 26.3 Å². The van der Waals surface area contributed by atoms with Crippen LogP contribution in [0.1, 0.15) is 26.2 Å². The second kappa shape index (κ2) is 6.79. The Bertz CT molecular complexity index is 174. The minimum absolute atomic E-state index is 0.186. The molecule has 1 atom stereocenters. The van der Waals surface area contributed by atoms with Crippen molar-refractivity contribution < 1.29 is 9.53 Å². The van der Waals surface area contributed by atoms with E-state index < -0.39 is 0 Å². The van der Waals surface area contributed by atoms with Gasteiger partial charge in [0.15, 0.2) is 0 Å². The molecule has 0 saturated carbocycles. The van der Waals surface area contributed by atoms with Gasteiger partial charge in [-0.1, -0.05) is 0 Å². The van der Waals surface area contributed by atoms with Crippen molar-refractivity contribution in [2.75, 3.05) is 26.3 Å². The number of nitrogens with one attached hydrogen (secondary N) is 2. The number of hydrogen-bond donors (Lipinski definition) is 2. The second-order valence-electron chi connectivity index (χ2n) is 3.56. The van der Waals surface area contributed by atoms with Gasteiger partial charge in [0.25, 0.3) is 0 Å². The smallest absolute Gasteiger partial charge is 0.220 e. The molecule has 4 nitrogen and oxygen atoms in total. The quantitative estimate of drug-likeness (QED) is 0.580. The predicted octanol–water partition coefficient (Wildman–Crippen LogP) is 0.281. The van der Waals surface area contributed by atoms with Crippen molar-refractivity contribution in [3.8, 4) is 0 Å². The SMILES string of the molecule is CCOCCCNCC1CCC(=O)N1. The first-order valence-electron chi connectivity index (χ1n) is 5.40. The highest BCUT2D eigenvalue weighted by Gasteiger charge is 2.19. The standard InChI is InChI=1S/C10H20N2O2/c1-2-14-7-3-6-11-8-9-4-5-10(13)12-9/h9,11H,2-8H2,1H3,(H,12,13). The second-order valence-corrected chi connectivity index (χ2v) is 3.56. The van der Waals surface area contributed by atoms with Crippen LogP contribution in [0, 0.1) is 0 Å². The number of rotatable bonds is 7. The third-order valence-electron chi connectivity index (χ3n) is 2.32. The first-order valence-corrected chi connectivity index (χ1v) is 5.40. The number of amides is 1. The molecular weight excluding hydrogens is 180 g/mol. The molecule has 0 spiro atoms. The summed E-state index contributed by atoms with van der Waals surface area (Å²) in [5, 5.41) is 6.24. The normalized spacial score (nSPS) is 21.2. The zero-order valence-corrected chi connectivity index (χ0v) is 8.84. The van der Waals surface area contributed by atoms with Gasteiger partial charge in [0.05, 0.1) is 0 Å². The van der Waals surface area contributed by atoms with E-state index in [1.54, 1.807) is 0 Å². The summed E-state index contributed by atoms with van der Waals surface area (Å²) in [6.07, 6.45) is 2.69. The first kappa shape index (κ1) is 11.5. The van der Waals surface area contributed by atoms with Crippen molar-refractivity contribution in [2.24, 2.45) is 0 Å². The van der Waals surface area contributed by atoms with Gasteiger partial charge in [-0.2, -0.15) is 0 Å². The summed E-state index contributed by atoms with van der Waals surface area (Å²) < 4.78 is 5.21. The van der Waals surface area contributed by atoms with Crippen LogP contribution in [0.5, 0.6) is 0 Å². The van der Waals surface area contributed by atoms with Crippen molar-refractivity contribution in [3.63, 3.8) is 0 Å². The molecule has 14 heavy (non-hydrogen) atoms. The molecule has 1 heterocycles. The Morgan fingerprint density at radius 3 is 3.14 bits per heavy atom. The summed E-state index contributed by atoms with van der Waals surface area (Å²) >= 11 is 0. The Morgan fingerprint density at radius 2 is 2.50 bits per heavy atom. The molecule has 1 amide bonds. The van der Waals surface area contributed by atoms with Crippen LogP contribution in [0.25, 0.3) is 0 Å². The van der Waals surface area contributed by atoms with Crippen LogP contribution in [0.3, 0.4) is 0 Å². The van der Waals surface area contributed by atoms with E-state index in [0.29, 0.717) is 12.5 Å². The minimum Gasteiger partial charge on any atom is -0.382 e. The summed E-state index contributed by atoms with van der Waals surface area (Å²) in [7, 11) is 0. The number of hydrogen-bond acceptors (Lipinski definition) is 3. The van der Waals surface area contributed by atoms with Gasteiger partial charge >= 0.3 is 0 Å². The van der Waals surface area contributed by atoms with Crippen molar-refractivity contribution >= 4 is 5.91 Å². The van der Waals surface area contributed by atoms with Crippen molar-refractivity contribution in [1.82, 2.24) is 10.6 Å². The van der Waals surface area contributed by atoms with E-state index in [1.165, 1.54) is 0 Å². The Balaban J connectivity index is 1.86. The molecular formula is C10H20N2O2. The Morgan fingerprint density at radius 1 is 1.64 bits per heavy atom. The molecule has 0 radical (unpaired) electrons. The summed E-state index contributed by atoms with van der Waals surface area (Å²) in [6.45, 7) is 5.46. The van der Waals surface area contributed by atoms with Crippen LogP contribution in [0.4, 0.5) is 0 Å². The molecule has 1 saturated heterocycles. The molecule has 1 fully saturated rings. The first-order chi connectivity index (χ1) is 6.83. The van der Waals surface area contributed by atoms with Gasteiger partial charge in [0, 0.05) is 32.2 Å². The molecule has 2 N–H and O–H groups in total. The fourth-order valence-electron chi connectivity index (χ4n) is 1.55. The van der Waals surface area contributed by atoms with Crippen molar-refractivity contribution in [3.05, 3.63) is 0 Å². The molecule has 0 aromatic carbocycles. The van der Waals surface area contributed by atoms with Gasteiger partial charge in [-0.25, -0.2) is 0 Å². The van der Waals surface area contributed by atoms with E-state index in [0.717, 1.165) is 39.1 Å². The molecule has 0 bridgehead atoms. The lowest BCUT2D eigenvalue weighted by atomic mass is 10.2. The molecule has 1 aliphatic heterocycles. The van der Waals surface area contributed by atoms with Crippen LogP contribution >= 0.6 is 0 Å². The molecule has 0 aromatic rings. The highest BCUT2D eigenvalue weighted by atomic mass is 16.5. The number of carbonyl (C=O) groups is 1. The van der Waals surface area contributed by atoms with Gasteiger partial charge < -0.3 is 15.4 Å². The van der Waals surface area contributed by atoms with Crippen LogP contribution in [-0.4, -0.2) is 38.3 Å². The maximum absolute atomic E-state index is 10.9. The fraction of sp³-hybridized carbons (Fsp3) is 0.900. The van der Waals surface area contributed by atoms with E-state index >= 15 is 0 Å². The van der Waals surface area contributed by atoms with Gasteiger partial charge in [0.1, 0.15) is 0 Å². The third kappa shape index (κ3) is 4.58. The lowest BCUT2D eigenvalue weighted by Crippen LogP contribution is -2.36. The summed E-state index contributed by atoms with van der Waals surface area (Å²) in [5.41, 5.74) is 0. The lowest BCUT2D eigenvalue weighted by molar-refractivity contribution is -0.119. The Labute approximate surface area is 85.4 Å². The molecule has 4 heteroatoms. The summed E-state index contributed by atoms with van der Waals surface area (Å²) in [4.78, 5) is 10.9. The fourth-order valence-corrected chi connectivity index (χ4v) is 1.55. The maximum atomic E-state index is 10.9. The maximum Gasteiger partial charge on any atom is 0.220 e. The van der Waals surface area contributed by atoms with E-state index in [-0.39, 0.29) is 5.91 Å². The molecule has 1 rings (SSSR count). The van der Waals surface area contributed by atoms with E-state index in [2.05, 4.69) is 10.6 Å².